The lowest BCUT2D eigenvalue weighted by molar-refractivity contribution is -0.137. The summed E-state index contributed by atoms with van der Waals surface area (Å²) in [5, 5.41) is 4.95. The summed E-state index contributed by atoms with van der Waals surface area (Å²) in [7, 11) is 0. The van der Waals surface area contributed by atoms with E-state index >= 15 is 0 Å². The lowest BCUT2D eigenvalue weighted by Gasteiger charge is -2.31. The van der Waals surface area contributed by atoms with E-state index in [-0.39, 0.29) is 5.92 Å². The Bertz CT molecular complexity index is 521. The van der Waals surface area contributed by atoms with Gasteiger partial charge in [0.05, 0.1) is 1.37 Å². The Balaban J connectivity index is 2.27. The predicted molar refractivity (Wildman–Crippen MR) is 68.8 cm³/mol. The summed E-state index contributed by atoms with van der Waals surface area (Å²) in [5.74, 6) is -1.12. The summed E-state index contributed by atoms with van der Waals surface area (Å²) in [6, 6.07) is 5.96. The van der Waals surface area contributed by atoms with Crippen molar-refractivity contribution in [1.82, 2.24) is 10.6 Å². The van der Waals surface area contributed by atoms with Crippen molar-refractivity contribution in [3.05, 3.63) is 35.9 Å². The highest BCUT2D eigenvalue weighted by molar-refractivity contribution is 5.97. The predicted octanol–water partition coefficient (Wildman–Crippen LogP) is 0.868. The topological polar surface area (TPSA) is 58.2 Å². The van der Waals surface area contributed by atoms with Gasteiger partial charge < -0.3 is 10.6 Å². The average molecular weight is 248 g/mol. The van der Waals surface area contributed by atoms with Crippen LogP contribution in [0, 0.1) is 5.92 Å². The first-order valence-corrected chi connectivity index (χ1v) is 5.96. The molecule has 1 aromatic carbocycles. The molecule has 96 valence electrons. The first-order valence-electron chi connectivity index (χ1n) is 7.04. The first kappa shape index (κ1) is 10.1. The van der Waals surface area contributed by atoms with Crippen LogP contribution in [0.25, 0.3) is 0 Å². The van der Waals surface area contributed by atoms with Gasteiger partial charge in [0.2, 0.25) is 11.8 Å². The Hall–Kier alpha value is -1.84. The summed E-state index contributed by atoms with van der Waals surface area (Å²) in [4.78, 5) is 24.2. The smallest absolute Gasteiger partial charge is 0.243 e. The van der Waals surface area contributed by atoms with Gasteiger partial charge >= 0.3 is 0 Å². The number of benzene rings is 1. The number of carbonyl (C=O) groups excluding carboxylic acids is 2. The Kier molecular flexibility index (Phi) is 2.93. The summed E-state index contributed by atoms with van der Waals surface area (Å²) in [5.41, 5.74) is 0.515. The average Bonchev–Trinajstić information content (AvgIpc) is 2.42. The van der Waals surface area contributed by atoms with Gasteiger partial charge in [0, 0.05) is 7.77 Å². The Morgan fingerprint density at radius 3 is 2.50 bits per heavy atom. The molecule has 0 aliphatic carbocycles. The third-order valence-electron chi connectivity index (χ3n) is 2.85. The highest BCUT2D eigenvalue weighted by Crippen LogP contribution is 2.10. The quantitative estimate of drug-likeness (QED) is 0.834. The van der Waals surface area contributed by atoms with Crippen LogP contribution < -0.4 is 10.6 Å². The van der Waals surface area contributed by atoms with Crippen molar-refractivity contribution in [2.75, 3.05) is 0 Å². The van der Waals surface area contributed by atoms with Crippen LogP contribution in [0.15, 0.2) is 30.3 Å². The molecule has 2 rings (SSSR count). The van der Waals surface area contributed by atoms with Gasteiger partial charge in [0.15, 0.2) is 0 Å². The largest absolute Gasteiger partial charge is 0.342 e. The minimum atomic E-state index is -2.00. The molecule has 18 heavy (non-hydrogen) atoms. The number of piperazine rings is 1. The fraction of sp³-hybridized carbons (Fsp3) is 0.429. The second-order valence-electron chi connectivity index (χ2n) is 4.65. The fourth-order valence-corrected chi connectivity index (χ4v) is 1.84. The van der Waals surface area contributed by atoms with E-state index in [4.69, 9.17) is 2.74 Å². The second-order valence-corrected chi connectivity index (χ2v) is 4.65. The van der Waals surface area contributed by atoms with Gasteiger partial charge in [-0.25, -0.2) is 0 Å². The zero-order valence-electron chi connectivity index (χ0n) is 12.4. The standard InChI is InChI=1S/C14H18N2O2/c1-9(2)12-14(18)15-11(13(17)16-12)8-10-6-4-3-5-7-10/h3-7,9,11-12H,8H2,1-2H3,(H,15,18)(H,16,17)/t11-,12-/m0/s1/i8D,11D/t8?,11-,12-. The molecule has 1 fully saturated rings. The Morgan fingerprint density at radius 1 is 1.22 bits per heavy atom. The van der Waals surface area contributed by atoms with Gasteiger partial charge in [-0.15, -0.1) is 0 Å². The second kappa shape index (κ2) is 5.21. The van der Waals surface area contributed by atoms with E-state index in [1.54, 1.807) is 30.3 Å². The fourth-order valence-electron chi connectivity index (χ4n) is 1.84. The Labute approximate surface area is 110 Å². The molecule has 0 radical (unpaired) electrons. The molecule has 1 unspecified atom stereocenters. The number of nitrogens with one attached hydrogen (secondary N) is 2. The minimum Gasteiger partial charge on any atom is -0.342 e. The lowest BCUT2D eigenvalue weighted by Crippen LogP contribution is -2.63. The molecule has 0 spiro atoms. The third-order valence-corrected chi connectivity index (χ3v) is 2.85. The van der Waals surface area contributed by atoms with Crippen LogP contribution in [-0.4, -0.2) is 23.9 Å². The van der Waals surface area contributed by atoms with Crippen molar-refractivity contribution < 1.29 is 12.3 Å². The molecule has 1 aliphatic rings. The summed E-state index contributed by atoms with van der Waals surface area (Å²) < 4.78 is 16.3. The molecule has 3 atom stereocenters. The molecular weight excluding hydrogens is 228 g/mol. The van der Waals surface area contributed by atoms with Gasteiger partial charge in [-0.05, 0) is 11.5 Å². The molecule has 4 nitrogen and oxygen atoms in total. The zero-order valence-corrected chi connectivity index (χ0v) is 10.4. The monoisotopic (exact) mass is 248 g/mol. The van der Waals surface area contributed by atoms with Crippen LogP contribution in [0.4, 0.5) is 0 Å². The number of rotatable bonds is 3. The van der Waals surface area contributed by atoms with Crippen LogP contribution in [-0.2, 0) is 16.0 Å². The van der Waals surface area contributed by atoms with Crippen molar-refractivity contribution >= 4 is 11.8 Å². The molecule has 2 amide bonds. The van der Waals surface area contributed by atoms with E-state index in [1.165, 1.54) is 0 Å². The number of hydrogen-bond acceptors (Lipinski definition) is 2. The molecule has 1 aromatic rings. The highest BCUT2D eigenvalue weighted by Gasteiger charge is 2.34. The van der Waals surface area contributed by atoms with E-state index < -0.39 is 30.3 Å². The Morgan fingerprint density at radius 2 is 1.89 bits per heavy atom. The maximum absolute atomic E-state index is 12.2. The van der Waals surface area contributed by atoms with Gasteiger partial charge in [0.25, 0.3) is 0 Å². The maximum atomic E-state index is 12.2. The van der Waals surface area contributed by atoms with Gasteiger partial charge in [-0.3, -0.25) is 9.59 Å². The number of hydrogen-bond donors (Lipinski definition) is 2. The number of carbonyl (C=O) groups is 2. The zero-order chi connectivity index (χ0) is 14.9. The van der Waals surface area contributed by atoms with Crippen LogP contribution in [0.1, 0.15) is 22.2 Å². The third kappa shape index (κ3) is 2.70. The minimum absolute atomic E-state index is 0.0654. The summed E-state index contributed by atoms with van der Waals surface area (Å²) >= 11 is 0. The lowest BCUT2D eigenvalue weighted by atomic mass is 9.97. The van der Waals surface area contributed by atoms with Crippen LogP contribution in [0.5, 0.6) is 0 Å². The molecule has 0 saturated carbocycles. The van der Waals surface area contributed by atoms with Crippen molar-refractivity contribution in [1.29, 1.82) is 0 Å². The first-order chi connectivity index (χ1) is 9.36. The van der Waals surface area contributed by atoms with Crippen molar-refractivity contribution in [2.45, 2.75) is 32.3 Å². The normalized spacial score (nSPS) is 31.2. The number of amides is 2. The molecule has 4 heteroatoms. The van der Waals surface area contributed by atoms with E-state index in [0.717, 1.165) is 0 Å². The highest BCUT2D eigenvalue weighted by atomic mass is 16.2. The van der Waals surface area contributed by atoms with E-state index in [1.807, 2.05) is 13.8 Å². The molecule has 1 saturated heterocycles. The van der Waals surface area contributed by atoms with Gasteiger partial charge in [-0.1, -0.05) is 44.2 Å². The van der Waals surface area contributed by atoms with Gasteiger partial charge in [-0.2, -0.15) is 0 Å². The molecule has 2 N–H and O–H groups in total. The summed E-state index contributed by atoms with van der Waals surface area (Å²) in [6.45, 7) is 3.63. The van der Waals surface area contributed by atoms with Crippen LogP contribution in [0.3, 0.4) is 0 Å². The molecule has 0 bridgehead atoms. The van der Waals surface area contributed by atoms with Gasteiger partial charge in [0.1, 0.15) is 12.1 Å². The SMILES string of the molecule is [2H]C(c1ccccc1)[C@]1([2H])NC(=O)[C@H](C(C)C)NC1=O. The maximum Gasteiger partial charge on any atom is 0.243 e. The molecule has 1 heterocycles. The van der Waals surface area contributed by atoms with Crippen LogP contribution in [0.2, 0.25) is 0 Å². The van der Waals surface area contributed by atoms with Crippen molar-refractivity contribution in [2.24, 2.45) is 5.92 Å². The van der Waals surface area contributed by atoms with Crippen LogP contribution >= 0.6 is 0 Å². The van der Waals surface area contributed by atoms with E-state index in [0.29, 0.717) is 5.56 Å². The van der Waals surface area contributed by atoms with E-state index in [2.05, 4.69) is 10.6 Å². The van der Waals surface area contributed by atoms with Crippen molar-refractivity contribution in [3.63, 3.8) is 0 Å². The summed E-state index contributed by atoms with van der Waals surface area (Å²) in [6.07, 6.45) is -1.18. The molecule has 0 aromatic heterocycles. The van der Waals surface area contributed by atoms with E-state index in [9.17, 15) is 9.59 Å². The molecular formula is C14H18N2O2. The molecule has 1 aliphatic heterocycles. The van der Waals surface area contributed by atoms with Crippen molar-refractivity contribution in [3.8, 4) is 0 Å².